The Morgan fingerprint density at radius 3 is 2.10 bits per heavy atom. The van der Waals surface area contributed by atoms with Gasteiger partial charge in [-0.3, -0.25) is 0 Å². The van der Waals surface area contributed by atoms with Crippen molar-refractivity contribution in [1.82, 2.24) is 0 Å². The molecule has 2 rings (SSSR count). The van der Waals surface area contributed by atoms with Gasteiger partial charge in [0.15, 0.2) is 0 Å². The molecule has 0 aromatic heterocycles. The topological polar surface area (TPSA) is 12.0 Å². The van der Waals surface area contributed by atoms with Crippen LogP contribution in [-0.4, -0.2) is 0 Å². The predicted molar refractivity (Wildman–Crippen MR) is 89.4 cm³/mol. The molecular weight excluding hydrogens is 313 g/mol. The molecular formula is C16H16Cl3N. The molecule has 0 aliphatic rings. The molecule has 0 heterocycles. The molecule has 0 spiro atoms. The van der Waals surface area contributed by atoms with E-state index in [0.29, 0.717) is 15.1 Å². The maximum atomic E-state index is 6.27. The Hall–Kier alpha value is -0.890. The summed E-state index contributed by atoms with van der Waals surface area (Å²) < 4.78 is 0. The molecule has 0 aliphatic heterocycles. The van der Waals surface area contributed by atoms with Crippen LogP contribution >= 0.6 is 34.8 Å². The quantitative estimate of drug-likeness (QED) is 0.639. The molecule has 1 unspecified atom stereocenters. The first-order valence-corrected chi connectivity index (χ1v) is 7.50. The highest BCUT2D eigenvalue weighted by Gasteiger charge is 2.14. The molecule has 0 saturated heterocycles. The van der Waals surface area contributed by atoms with Gasteiger partial charge in [0, 0.05) is 5.69 Å². The summed E-state index contributed by atoms with van der Waals surface area (Å²) in [5, 5.41) is 4.82. The van der Waals surface area contributed by atoms with Crippen LogP contribution < -0.4 is 5.32 Å². The fraction of sp³-hybridized carbons (Fsp3) is 0.250. The van der Waals surface area contributed by atoms with Crippen LogP contribution in [0.5, 0.6) is 0 Å². The fourth-order valence-electron chi connectivity index (χ4n) is 2.26. The highest BCUT2D eigenvalue weighted by molar-refractivity contribution is 6.48. The molecule has 1 atom stereocenters. The van der Waals surface area contributed by atoms with Crippen LogP contribution in [0.25, 0.3) is 0 Å². The summed E-state index contributed by atoms with van der Waals surface area (Å²) in [6.07, 6.45) is 0. The van der Waals surface area contributed by atoms with Gasteiger partial charge in [0.05, 0.1) is 21.1 Å². The maximum Gasteiger partial charge on any atom is 0.0782 e. The predicted octanol–water partition coefficient (Wildman–Crippen LogP) is 6.44. The Labute approximate surface area is 134 Å². The van der Waals surface area contributed by atoms with Crippen molar-refractivity contribution in [2.45, 2.75) is 26.8 Å². The monoisotopic (exact) mass is 327 g/mol. The van der Waals surface area contributed by atoms with Crippen LogP contribution in [0.3, 0.4) is 0 Å². The Kier molecular flexibility index (Phi) is 4.85. The van der Waals surface area contributed by atoms with Gasteiger partial charge in [-0.15, -0.1) is 0 Å². The lowest BCUT2D eigenvalue weighted by Gasteiger charge is -2.19. The number of hydrogen-bond donors (Lipinski definition) is 1. The molecule has 106 valence electrons. The number of anilines is 1. The van der Waals surface area contributed by atoms with Crippen molar-refractivity contribution in [3.05, 3.63) is 62.1 Å². The van der Waals surface area contributed by atoms with Gasteiger partial charge in [-0.25, -0.2) is 0 Å². The van der Waals surface area contributed by atoms with E-state index in [0.717, 1.165) is 11.3 Å². The Morgan fingerprint density at radius 1 is 0.900 bits per heavy atom. The zero-order valence-corrected chi connectivity index (χ0v) is 13.9. The normalized spacial score (nSPS) is 12.3. The molecule has 1 N–H and O–H groups in total. The molecule has 0 bridgehead atoms. The SMILES string of the molecule is Cc1cc(C)cc(NC(C)c2ccc(Cl)c(Cl)c2Cl)c1. The lowest BCUT2D eigenvalue weighted by molar-refractivity contribution is 0.884. The molecule has 2 aromatic rings. The Balaban J connectivity index is 2.28. The zero-order valence-electron chi connectivity index (χ0n) is 11.6. The second-order valence-electron chi connectivity index (χ2n) is 5.01. The largest absolute Gasteiger partial charge is 0.378 e. The number of rotatable bonds is 3. The van der Waals surface area contributed by atoms with Gasteiger partial charge in [-0.1, -0.05) is 46.9 Å². The third-order valence-corrected chi connectivity index (χ3v) is 4.44. The number of benzene rings is 2. The van der Waals surface area contributed by atoms with Gasteiger partial charge in [0.2, 0.25) is 0 Å². The van der Waals surface area contributed by atoms with E-state index in [1.807, 2.05) is 13.0 Å². The van der Waals surface area contributed by atoms with Crippen molar-refractivity contribution >= 4 is 40.5 Å². The summed E-state index contributed by atoms with van der Waals surface area (Å²) in [5.41, 5.74) is 4.44. The zero-order chi connectivity index (χ0) is 14.9. The summed E-state index contributed by atoms with van der Waals surface area (Å²) >= 11 is 18.3. The summed E-state index contributed by atoms with van der Waals surface area (Å²) in [7, 11) is 0. The number of aryl methyl sites for hydroxylation is 2. The van der Waals surface area contributed by atoms with Gasteiger partial charge in [-0.2, -0.15) is 0 Å². The summed E-state index contributed by atoms with van der Waals surface area (Å²) in [4.78, 5) is 0. The molecule has 0 fully saturated rings. The number of nitrogens with one attached hydrogen (secondary N) is 1. The molecule has 0 radical (unpaired) electrons. The van der Waals surface area contributed by atoms with Gasteiger partial charge in [0.1, 0.15) is 0 Å². The lowest BCUT2D eigenvalue weighted by Crippen LogP contribution is -2.07. The average Bonchev–Trinajstić information content (AvgIpc) is 2.34. The van der Waals surface area contributed by atoms with E-state index in [4.69, 9.17) is 34.8 Å². The molecule has 0 aliphatic carbocycles. The number of hydrogen-bond acceptors (Lipinski definition) is 1. The average molecular weight is 329 g/mol. The lowest BCUT2D eigenvalue weighted by atomic mass is 10.1. The van der Waals surface area contributed by atoms with Crippen molar-refractivity contribution < 1.29 is 0 Å². The van der Waals surface area contributed by atoms with Crippen molar-refractivity contribution in [3.8, 4) is 0 Å². The van der Waals surface area contributed by atoms with E-state index >= 15 is 0 Å². The van der Waals surface area contributed by atoms with E-state index in [-0.39, 0.29) is 6.04 Å². The van der Waals surface area contributed by atoms with Crippen LogP contribution in [0.2, 0.25) is 15.1 Å². The minimum Gasteiger partial charge on any atom is -0.378 e. The van der Waals surface area contributed by atoms with Crippen molar-refractivity contribution in [1.29, 1.82) is 0 Å². The molecule has 2 aromatic carbocycles. The van der Waals surface area contributed by atoms with Crippen molar-refractivity contribution in [2.24, 2.45) is 0 Å². The number of halogens is 3. The minimum atomic E-state index is 0.0402. The van der Waals surface area contributed by atoms with Crippen molar-refractivity contribution in [3.63, 3.8) is 0 Å². The molecule has 0 saturated carbocycles. The van der Waals surface area contributed by atoms with E-state index in [1.54, 1.807) is 6.07 Å². The third-order valence-electron chi connectivity index (χ3n) is 3.14. The molecule has 0 amide bonds. The highest BCUT2D eigenvalue weighted by atomic mass is 35.5. The molecule has 4 heteroatoms. The summed E-state index contributed by atoms with van der Waals surface area (Å²) in [5.74, 6) is 0. The van der Waals surface area contributed by atoms with Crippen LogP contribution in [0.4, 0.5) is 5.69 Å². The van der Waals surface area contributed by atoms with Crippen LogP contribution in [-0.2, 0) is 0 Å². The first-order valence-electron chi connectivity index (χ1n) is 6.36. The van der Waals surface area contributed by atoms with E-state index in [1.165, 1.54) is 11.1 Å². The standard InChI is InChI=1S/C16H16Cl3N/c1-9-6-10(2)8-12(7-9)20-11(3)13-4-5-14(17)16(19)15(13)18/h4-8,11,20H,1-3H3. The second-order valence-corrected chi connectivity index (χ2v) is 6.17. The fourth-order valence-corrected chi connectivity index (χ4v) is 2.97. The Morgan fingerprint density at radius 2 is 1.50 bits per heavy atom. The molecule has 20 heavy (non-hydrogen) atoms. The van der Waals surface area contributed by atoms with Crippen LogP contribution in [0.1, 0.15) is 29.7 Å². The van der Waals surface area contributed by atoms with Crippen molar-refractivity contribution in [2.75, 3.05) is 5.32 Å². The first kappa shape index (κ1) is 15.5. The minimum absolute atomic E-state index is 0.0402. The summed E-state index contributed by atoms with van der Waals surface area (Å²) in [6, 6.07) is 10.1. The van der Waals surface area contributed by atoms with Gasteiger partial charge in [-0.05, 0) is 55.7 Å². The third kappa shape index (κ3) is 3.41. The van der Waals surface area contributed by atoms with E-state index in [9.17, 15) is 0 Å². The smallest absolute Gasteiger partial charge is 0.0782 e. The van der Waals surface area contributed by atoms with Gasteiger partial charge >= 0.3 is 0 Å². The van der Waals surface area contributed by atoms with E-state index < -0.39 is 0 Å². The highest BCUT2D eigenvalue weighted by Crippen LogP contribution is 2.36. The van der Waals surface area contributed by atoms with Crippen LogP contribution in [0.15, 0.2) is 30.3 Å². The van der Waals surface area contributed by atoms with Gasteiger partial charge < -0.3 is 5.32 Å². The Bertz CT molecular complexity index is 618. The maximum absolute atomic E-state index is 6.27. The van der Waals surface area contributed by atoms with E-state index in [2.05, 4.69) is 37.4 Å². The second kappa shape index (κ2) is 6.26. The first-order chi connectivity index (χ1) is 9.38. The summed E-state index contributed by atoms with van der Waals surface area (Å²) in [6.45, 7) is 6.20. The molecule has 1 nitrogen and oxygen atoms in total. The van der Waals surface area contributed by atoms with Gasteiger partial charge in [0.25, 0.3) is 0 Å². The van der Waals surface area contributed by atoms with Crippen LogP contribution in [0, 0.1) is 13.8 Å².